The second kappa shape index (κ2) is 9.88. The Hall–Kier alpha value is -2.31. The smallest absolute Gasteiger partial charge is 0.257 e. The molecule has 1 amide bonds. The van der Waals surface area contributed by atoms with E-state index in [0.29, 0.717) is 36.6 Å². The molecule has 162 valence electrons. The zero-order valence-electron chi connectivity index (χ0n) is 16.4. The Morgan fingerprint density at radius 2 is 1.90 bits per heavy atom. The van der Waals surface area contributed by atoms with Gasteiger partial charge in [-0.1, -0.05) is 48.2 Å². The van der Waals surface area contributed by atoms with E-state index >= 15 is 0 Å². The summed E-state index contributed by atoms with van der Waals surface area (Å²) in [4.78, 5) is 17.1. The van der Waals surface area contributed by atoms with E-state index in [4.69, 9.17) is 4.74 Å². The first kappa shape index (κ1) is 21.9. The Balaban J connectivity index is 1.41. The quantitative estimate of drug-likeness (QED) is 0.523. The van der Waals surface area contributed by atoms with E-state index in [1.165, 1.54) is 28.2 Å². The zero-order valence-corrected chi connectivity index (χ0v) is 18.9. The van der Waals surface area contributed by atoms with Crippen LogP contribution in [0.15, 0.2) is 64.6 Å². The fourth-order valence-corrected chi connectivity index (χ4v) is 5.89. The van der Waals surface area contributed by atoms with Gasteiger partial charge >= 0.3 is 0 Å². The maximum Gasteiger partial charge on any atom is 0.257 e. The standard InChI is InChI=1S/C20H20N4O4S3/c25-18(21-19-22-20(23-30-19)29-14-15-5-2-1-3-6-15)16-7-4-8-17(13-16)31(26,27)24-9-11-28-12-10-24/h1-8,13H,9-12,14H2,(H,21,22,23,25). The van der Waals surface area contributed by atoms with Crippen molar-refractivity contribution >= 4 is 44.4 Å². The number of aromatic nitrogens is 2. The molecule has 8 nitrogen and oxygen atoms in total. The van der Waals surface area contributed by atoms with Crippen molar-refractivity contribution in [3.05, 3.63) is 65.7 Å². The van der Waals surface area contributed by atoms with Gasteiger partial charge in [-0.15, -0.1) is 0 Å². The number of nitrogens with one attached hydrogen (secondary N) is 1. The number of benzene rings is 2. The number of carbonyl (C=O) groups is 1. The third kappa shape index (κ3) is 5.49. The van der Waals surface area contributed by atoms with Crippen LogP contribution in [0.3, 0.4) is 0 Å². The van der Waals surface area contributed by atoms with Gasteiger partial charge in [0.2, 0.25) is 20.3 Å². The van der Waals surface area contributed by atoms with Crippen LogP contribution in [0.2, 0.25) is 0 Å². The molecule has 1 N–H and O–H groups in total. The number of rotatable bonds is 7. The maximum absolute atomic E-state index is 12.8. The molecule has 0 bridgehead atoms. The van der Waals surface area contributed by atoms with Crippen LogP contribution in [0, 0.1) is 0 Å². The van der Waals surface area contributed by atoms with Gasteiger partial charge in [0.1, 0.15) is 0 Å². The van der Waals surface area contributed by atoms with Gasteiger partial charge in [0.15, 0.2) is 0 Å². The van der Waals surface area contributed by atoms with Gasteiger partial charge in [-0.3, -0.25) is 10.1 Å². The Morgan fingerprint density at radius 1 is 1.13 bits per heavy atom. The lowest BCUT2D eigenvalue weighted by atomic mass is 10.2. The third-order valence-electron chi connectivity index (χ3n) is 4.54. The number of hydrogen-bond acceptors (Lipinski definition) is 8. The highest BCUT2D eigenvalue weighted by atomic mass is 32.2. The molecule has 0 radical (unpaired) electrons. The average Bonchev–Trinajstić information content (AvgIpc) is 3.26. The number of hydrogen-bond donors (Lipinski definition) is 1. The second-order valence-corrected chi connectivity index (χ2v) is 10.3. The molecule has 1 fully saturated rings. The number of anilines is 1. The second-order valence-electron chi connectivity index (χ2n) is 6.65. The van der Waals surface area contributed by atoms with Crippen molar-refractivity contribution in [1.82, 2.24) is 13.7 Å². The predicted octanol–water partition coefficient (Wildman–Crippen LogP) is 3.10. The molecule has 1 saturated heterocycles. The largest absolute Gasteiger partial charge is 0.379 e. The van der Waals surface area contributed by atoms with Crippen LogP contribution in [-0.2, 0) is 20.5 Å². The Bertz CT molecular complexity index is 1150. The summed E-state index contributed by atoms with van der Waals surface area (Å²) in [5.74, 6) is 0.293. The van der Waals surface area contributed by atoms with E-state index in [1.807, 2.05) is 30.3 Å². The molecule has 2 aromatic carbocycles. The minimum Gasteiger partial charge on any atom is -0.379 e. The molecule has 4 rings (SSSR count). The van der Waals surface area contributed by atoms with E-state index in [9.17, 15) is 13.2 Å². The first-order valence-electron chi connectivity index (χ1n) is 9.52. The lowest BCUT2D eigenvalue weighted by molar-refractivity contribution is 0.0730. The molecule has 1 aliphatic rings. The predicted molar refractivity (Wildman–Crippen MR) is 120 cm³/mol. The number of carbonyl (C=O) groups excluding carboxylic acids is 1. The molecular formula is C20H20N4O4S3. The topological polar surface area (TPSA) is 101 Å². The summed E-state index contributed by atoms with van der Waals surface area (Å²) in [6, 6.07) is 16.0. The van der Waals surface area contributed by atoms with Crippen molar-refractivity contribution in [3.8, 4) is 0 Å². The monoisotopic (exact) mass is 476 g/mol. The molecule has 0 atom stereocenters. The summed E-state index contributed by atoms with van der Waals surface area (Å²) in [6.07, 6.45) is 0. The fourth-order valence-electron chi connectivity index (χ4n) is 2.94. The Labute approximate surface area is 188 Å². The maximum atomic E-state index is 12.8. The lowest BCUT2D eigenvalue weighted by Crippen LogP contribution is -2.40. The minimum absolute atomic E-state index is 0.0819. The first-order valence-corrected chi connectivity index (χ1v) is 12.7. The molecule has 1 aliphatic heterocycles. The minimum atomic E-state index is -3.68. The van der Waals surface area contributed by atoms with Gasteiger partial charge in [-0.05, 0) is 23.8 Å². The van der Waals surface area contributed by atoms with Crippen molar-refractivity contribution in [2.24, 2.45) is 0 Å². The molecule has 31 heavy (non-hydrogen) atoms. The summed E-state index contributed by atoms with van der Waals surface area (Å²) < 4.78 is 36.5. The average molecular weight is 477 g/mol. The number of ether oxygens (including phenoxy) is 1. The first-order chi connectivity index (χ1) is 15.0. The molecular weight excluding hydrogens is 456 g/mol. The van der Waals surface area contributed by atoms with E-state index in [0.717, 1.165) is 22.8 Å². The Kier molecular flexibility index (Phi) is 6.98. The van der Waals surface area contributed by atoms with Crippen molar-refractivity contribution < 1.29 is 17.9 Å². The zero-order chi connectivity index (χ0) is 21.7. The van der Waals surface area contributed by atoms with E-state index in [1.54, 1.807) is 12.1 Å². The van der Waals surface area contributed by atoms with Gasteiger partial charge < -0.3 is 4.74 Å². The SMILES string of the molecule is O=C(Nc1nc(SCc2ccccc2)ns1)c1cccc(S(=O)(=O)N2CCOCC2)c1. The van der Waals surface area contributed by atoms with Gasteiger partial charge in [-0.2, -0.15) is 13.7 Å². The Morgan fingerprint density at radius 3 is 2.68 bits per heavy atom. The van der Waals surface area contributed by atoms with Gasteiger partial charge in [-0.25, -0.2) is 8.42 Å². The molecule has 3 aromatic rings. The molecule has 0 unspecified atom stereocenters. The third-order valence-corrected chi connectivity index (χ3v) is 8.10. The fraction of sp³-hybridized carbons (Fsp3) is 0.250. The summed E-state index contributed by atoms with van der Waals surface area (Å²) in [5.41, 5.74) is 1.40. The van der Waals surface area contributed by atoms with Gasteiger partial charge in [0.25, 0.3) is 5.91 Å². The van der Waals surface area contributed by atoms with Crippen LogP contribution in [0.25, 0.3) is 0 Å². The summed E-state index contributed by atoms with van der Waals surface area (Å²) in [6.45, 7) is 1.32. The molecule has 1 aromatic heterocycles. The molecule has 0 spiro atoms. The van der Waals surface area contributed by atoms with E-state index < -0.39 is 15.9 Å². The lowest BCUT2D eigenvalue weighted by Gasteiger charge is -2.26. The van der Waals surface area contributed by atoms with Crippen LogP contribution in [0.5, 0.6) is 0 Å². The summed E-state index contributed by atoms with van der Waals surface area (Å²) >= 11 is 2.57. The number of sulfonamides is 1. The molecule has 2 heterocycles. The van der Waals surface area contributed by atoms with Crippen LogP contribution in [-0.4, -0.2) is 54.3 Å². The number of amides is 1. The van der Waals surface area contributed by atoms with Gasteiger partial charge in [0.05, 0.1) is 18.1 Å². The van der Waals surface area contributed by atoms with Crippen LogP contribution >= 0.6 is 23.3 Å². The van der Waals surface area contributed by atoms with Crippen molar-refractivity contribution in [2.45, 2.75) is 15.8 Å². The van der Waals surface area contributed by atoms with Crippen molar-refractivity contribution in [3.63, 3.8) is 0 Å². The molecule has 0 saturated carbocycles. The molecule has 0 aliphatic carbocycles. The van der Waals surface area contributed by atoms with Crippen LogP contribution in [0.1, 0.15) is 15.9 Å². The van der Waals surface area contributed by atoms with Crippen molar-refractivity contribution in [2.75, 3.05) is 31.6 Å². The van der Waals surface area contributed by atoms with Crippen LogP contribution in [0.4, 0.5) is 5.13 Å². The van der Waals surface area contributed by atoms with Gasteiger partial charge in [0, 0.05) is 35.9 Å². The van der Waals surface area contributed by atoms with E-state index in [2.05, 4.69) is 14.7 Å². The number of nitrogens with zero attached hydrogens (tertiary/aromatic N) is 3. The summed E-state index contributed by atoms with van der Waals surface area (Å²) in [5, 5.41) is 3.64. The number of morpholine rings is 1. The number of thioether (sulfide) groups is 1. The van der Waals surface area contributed by atoms with Crippen molar-refractivity contribution in [1.29, 1.82) is 0 Å². The molecule has 11 heteroatoms. The highest BCUT2D eigenvalue weighted by molar-refractivity contribution is 7.98. The van der Waals surface area contributed by atoms with Crippen LogP contribution < -0.4 is 5.32 Å². The highest BCUT2D eigenvalue weighted by Gasteiger charge is 2.27. The summed E-state index contributed by atoms with van der Waals surface area (Å²) in [7, 11) is -3.68. The normalized spacial score (nSPS) is 15.0. The van der Waals surface area contributed by atoms with E-state index in [-0.39, 0.29) is 10.5 Å². The highest BCUT2D eigenvalue weighted by Crippen LogP contribution is 2.24.